The fourth-order valence-electron chi connectivity index (χ4n) is 0.441. The lowest BCUT2D eigenvalue weighted by atomic mass is 10.4. The van der Waals surface area contributed by atoms with Gasteiger partial charge in [-0.3, -0.25) is 0 Å². The summed E-state index contributed by atoms with van der Waals surface area (Å²) in [6.07, 6.45) is 2.23. The quantitative estimate of drug-likeness (QED) is 0.353. The maximum absolute atomic E-state index is 5.15. The first-order chi connectivity index (χ1) is 4.77. The fraction of sp³-hybridized carbons (Fsp3) is 0.833. The molecule has 4 heteroatoms. The van der Waals surface area contributed by atoms with Gasteiger partial charge in [-0.25, -0.2) is 0 Å². The number of nitrogens with two attached hydrogens (primary N) is 1. The van der Waals surface area contributed by atoms with Crippen molar-refractivity contribution in [2.75, 3.05) is 13.3 Å². The SMILES string of the molecule is CCCCOCNC(N)=S. The predicted molar refractivity (Wildman–Crippen MR) is 45.6 cm³/mol. The maximum atomic E-state index is 5.15. The van der Waals surface area contributed by atoms with E-state index >= 15 is 0 Å². The Balaban J connectivity index is 2.84. The molecule has 0 aliphatic carbocycles. The largest absolute Gasteiger partial charge is 0.376 e. The molecule has 10 heavy (non-hydrogen) atoms. The van der Waals surface area contributed by atoms with E-state index in [0.29, 0.717) is 6.73 Å². The van der Waals surface area contributed by atoms with Crippen LogP contribution in [-0.4, -0.2) is 18.5 Å². The summed E-state index contributed by atoms with van der Waals surface area (Å²) in [7, 11) is 0. The summed E-state index contributed by atoms with van der Waals surface area (Å²) in [4.78, 5) is 0. The zero-order chi connectivity index (χ0) is 7.82. The molecule has 0 aromatic heterocycles. The summed E-state index contributed by atoms with van der Waals surface area (Å²) in [5, 5.41) is 2.98. The number of hydrogen-bond donors (Lipinski definition) is 2. The molecule has 0 bridgehead atoms. The van der Waals surface area contributed by atoms with Crippen molar-refractivity contribution in [1.82, 2.24) is 5.32 Å². The molecule has 0 spiro atoms. The highest BCUT2D eigenvalue weighted by Crippen LogP contribution is 1.85. The Hall–Kier alpha value is -0.350. The van der Waals surface area contributed by atoms with Crippen LogP contribution in [0.4, 0.5) is 0 Å². The minimum Gasteiger partial charge on any atom is -0.376 e. The predicted octanol–water partition coefficient (Wildman–Crippen LogP) is 0.594. The molecule has 0 aromatic carbocycles. The zero-order valence-electron chi connectivity index (χ0n) is 6.22. The van der Waals surface area contributed by atoms with E-state index in [4.69, 9.17) is 10.5 Å². The van der Waals surface area contributed by atoms with Crippen molar-refractivity contribution in [3.8, 4) is 0 Å². The highest BCUT2D eigenvalue weighted by atomic mass is 32.1. The lowest BCUT2D eigenvalue weighted by Gasteiger charge is -2.03. The van der Waals surface area contributed by atoms with Crippen LogP contribution in [0.25, 0.3) is 0 Å². The number of hydrogen-bond acceptors (Lipinski definition) is 2. The third-order valence-corrected chi connectivity index (χ3v) is 1.14. The van der Waals surface area contributed by atoms with Crippen LogP contribution in [0, 0.1) is 0 Å². The number of ether oxygens (including phenoxy) is 1. The zero-order valence-corrected chi connectivity index (χ0v) is 7.04. The Bertz CT molecular complexity index is 97.7. The first-order valence-electron chi connectivity index (χ1n) is 3.38. The molecule has 0 amide bonds. The summed E-state index contributed by atoms with van der Waals surface area (Å²) in [6.45, 7) is 3.31. The van der Waals surface area contributed by atoms with Gasteiger partial charge in [0.25, 0.3) is 0 Å². The fourth-order valence-corrected chi connectivity index (χ4v) is 0.500. The second-order valence-corrected chi connectivity index (χ2v) is 2.39. The van der Waals surface area contributed by atoms with Crippen molar-refractivity contribution >= 4 is 17.3 Å². The third kappa shape index (κ3) is 7.65. The minimum atomic E-state index is 0.288. The van der Waals surface area contributed by atoms with Gasteiger partial charge in [0.05, 0.1) is 0 Å². The van der Waals surface area contributed by atoms with Crippen LogP contribution in [0.2, 0.25) is 0 Å². The molecule has 0 aromatic rings. The molecule has 3 N–H and O–H groups in total. The monoisotopic (exact) mass is 162 g/mol. The topological polar surface area (TPSA) is 47.3 Å². The van der Waals surface area contributed by atoms with Gasteiger partial charge < -0.3 is 15.8 Å². The number of rotatable bonds is 5. The van der Waals surface area contributed by atoms with Gasteiger partial charge >= 0.3 is 0 Å². The minimum absolute atomic E-state index is 0.288. The molecule has 0 saturated heterocycles. The van der Waals surface area contributed by atoms with Gasteiger partial charge in [-0.05, 0) is 18.6 Å². The Morgan fingerprint density at radius 1 is 1.70 bits per heavy atom. The van der Waals surface area contributed by atoms with Crippen LogP contribution in [0.1, 0.15) is 19.8 Å². The molecule has 0 unspecified atom stereocenters. The Morgan fingerprint density at radius 2 is 2.40 bits per heavy atom. The van der Waals surface area contributed by atoms with Crippen molar-refractivity contribution in [2.24, 2.45) is 5.73 Å². The lowest BCUT2D eigenvalue weighted by molar-refractivity contribution is 0.126. The van der Waals surface area contributed by atoms with Crippen LogP contribution in [0.5, 0.6) is 0 Å². The van der Waals surface area contributed by atoms with Gasteiger partial charge in [0.1, 0.15) is 6.73 Å². The summed E-state index contributed by atoms with van der Waals surface area (Å²) >= 11 is 4.56. The Labute approximate surface area is 66.9 Å². The third-order valence-electron chi connectivity index (χ3n) is 0.991. The van der Waals surface area contributed by atoms with Gasteiger partial charge in [-0.2, -0.15) is 0 Å². The van der Waals surface area contributed by atoms with Gasteiger partial charge in [-0.15, -0.1) is 0 Å². The van der Waals surface area contributed by atoms with Crippen molar-refractivity contribution < 1.29 is 4.74 Å². The smallest absolute Gasteiger partial charge is 0.165 e. The van der Waals surface area contributed by atoms with E-state index in [2.05, 4.69) is 24.5 Å². The van der Waals surface area contributed by atoms with E-state index in [1.54, 1.807) is 0 Å². The molecule has 0 rings (SSSR count). The van der Waals surface area contributed by atoms with Gasteiger partial charge in [0.2, 0.25) is 0 Å². The normalized spacial score (nSPS) is 9.30. The van der Waals surface area contributed by atoms with E-state index in [0.717, 1.165) is 19.4 Å². The molecule has 0 radical (unpaired) electrons. The van der Waals surface area contributed by atoms with Gasteiger partial charge in [-0.1, -0.05) is 13.3 Å². The van der Waals surface area contributed by atoms with Gasteiger partial charge in [0, 0.05) is 6.61 Å². The average molecular weight is 162 g/mol. The molecular formula is C6H14N2OS. The summed E-state index contributed by atoms with van der Waals surface area (Å²) in [6, 6.07) is 0. The molecule has 0 fully saturated rings. The highest BCUT2D eigenvalue weighted by molar-refractivity contribution is 7.80. The van der Waals surface area contributed by atoms with Crippen LogP contribution in [0.15, 0.2) is 0 Å². The van der Waals surface area contributed by atoms with E-state index in [9.17, 15) is 0 Å². The lowest BCUT2D eigenvalue weighted by Crippen LogP contribution is -2.31. The Morgan fingerprint density at radius 3 is 2.90 bits per heavy atom. The Kier molecular flexibility index (Phi) is 6.53. The van der Waals surface area contributed by atoms with Crippen molar-refractivity contribution in [3.05, 3.63) is 0 Å². The molecule has 3 nitrogen and oxygen atoms in total. The van der Waals surface area contributed by atoms with E-state index in [-0.39, 0.29) is 5.11 Å². The second kappa shape index (κ2) is 6.77. The second-order valence-electron chi connectivity index (χ2n) is 1.95. The molecule has 0 atom stereocenters. The van der Waals surface area contributed by atoms with Gasteiger partial charge in [0.15, 0.2) is 5.11 Å². The summed E-state index contributed by atoms with van der Waals surface area (Å²) in [5.74, 6) is 0. The van der Waals surface area contributed by atoms with Crippen molar-refractivity contribution in [2.45, 2.75) is 19.8 Å². The van der Waals surface area contributed by atoms with E-state index < -0.39 is 0 Å². The molecule has 0 aliphatic rings. The van der Waals surface area contributed by atoms with Crippen LogP contribution in [-0.2, 0) is 4.74 Å². The molecule has 0 heterocycles. The first-order valence-corrected chi connectivity index (χ1v) is 3.79. The molecule has 0 saturated carbocycles. The maximum Gasteiger partial charge on any atom is 0.165 e. The molecule has 0 aliphatic heterocycles. The number of nitrogens with one attached hydrogen (secondary N) is 1. The average Bonchev–Trinajstić information content (AvgIpc) is 1.87. The number of unbranched alkanes of at least 4 members (excludes halogenated alkanes) is 1. The van der Waals surface area contributed by atoms with E-state index in [1.165, 1.54) is 0 Å². The standard InChI is InChI=1S/C6H14N2OS/c1-2-3-4-9-5-8-6(7)10/h2-5H2,1H3,(H3,7,8,10). The van der Waals surface area contributed by atoms with Crippen molar-refractivity contribution in [1.29, 1.82) is 0 Å². The van der Waals surface area contributed by atoms with Crippen LogP contribution < -0.4 is 11.1 Å². The molecular weight excluding hydrogens is 148 g/mol. The van der Waals surface area contributed by atoms with Crippen molar-refractivity contribution in [3.63, 3.8) is 0 Å². The van der Waals surface area contributed by atoms with Crippen LogP contribution in [0.3, 0.4) is 0 Å². The highest BCUT2D eigenvalue weighted by Gasteiger charge is 1.86. The van der Waals surface area contributed by atoms with E-state index in [1.807, 2.05) is 0 Å². The number of thiocarbonyl (C=S) groups is 1. The first kappa shape index (κ1) is 9.65. The summed E-state index contributed by atoms with van der Waals surface area (Å²) in [5.41, 5.74) is 5.15. The van der Waals surface area contributed by atoms with Crippen LogP contribution >= 0.6 is 12.2 Å². The molecule has 60 valence electrons. The summed E-state index contributed by atoms with van der Waals surface area (Å²) < 4.78 is 5.11.